The molecule has 0 fully saturated rings. The highest BCUT2D eigenvalue weighted by Gasteiger charge is 2.17. The van der Waals surface area contributed by atoms with Crippen molar-refractivity contribution in [3.8, 4) is 5.75 Å². The fraction of sp³-hybridized carbons (Fsp3) is 0.333. The maximum atomic E-state index is 11.8. The minimum Gasteiger partial charge on any atom is -0.508 e. The van der Waals surface area contributed by atoms with Gasteiger partial charge in [0.25, 0.3) is 5.91 Å². The molecular formula is C12H16N2O3. The lowest BCUT2D eigenvalue weighted by molar-refractivity contribution is -0.122. The van der Waals surface area contributed by atoms with Crippen molar-refractivity contribution in [1.29, 1.82) is 0 Å². The van der Waals surface area contributed by atoms with Crippen molar-refractivity contribution < 1.29 is 14.7 Å². The van der Waals surface area contributed by atoms with E-state index in [0.29, 0.717) is 11.1 Å². The number of hydrogen-bond acceptors (Lipinski definition) is 3. The van der Waals surface area contributed by atoms with Crippen LogP contribution >= 0.6 is 0 Å². The summed E-state index contributed by atoms with van der Waals surface area (Å²) in [7, 11) is 1.50. The maximum absolute atomic E-state index is 11.8. The molecule has 1 rings (SSSR count). The zero-order valence-electron chi connectivity index (χ0n) is 10.1. The number of hydrogen-bond donors (Lipinski definition) is 3. The van der Waals surface area contributed by atoms with Gasteiger partial charge < -0.3 is 15.7 Å². The quantitative estimate of drug-likeness (QED) is 0.717. The highest BCUT2D eigenvalue weighted by molar-refractivity contribution is 5.98. The SMILES string of the molecule is CNC(=O)C(C)NC(=O)c1cccc(O)c1C. The normalized spacial score (nSPS) is 11.7. The summed E-state index contributed by atoms with van der Waals surface area (Å²) in [5.41, 5.74) is 0.856. The first-order valence-electron chi connectivity index (χ1n) is 5.28. The lowest BCUT2D eigenvalue weighted by atomic mass is 10.1. The Kier molecular flexibility index (Phi) is 4.09. The van der Waals surface area contributed by atoms with Crippen molar-refractivity contribution in [1.82, 2.24) is 10.6 Å². The Morgan fingerprint density at radius 2 is 2.00 bits per heavy atom. The molecule has 0 aliphatic heterocycles. The van der Waals surface area contributed by atoms with E-state index in [1.807, 2.05) is 0 Å². The summed E-state index contributed by atoms with van der Waals surface area (Å²) in [4.78, 5) is 23.1. The van der Waals surface area contributed by atoms with E-state index < -0.39 is 6.04 Å². The van der Waals surface area contributed by atoms with E-state index in [9.17, 15) is 14.7 Å². The third kappa shape index (κ3) is 2.96. The molecule has 0 saturated carbocycles. The van der Waals surface area contributed by atoms with E-state index in [-0.39, 0.29) is 17.6 Å². The van der Waals surface area contributed by atoms with Crippen LogP contribution in [0.25, 0.3) is 0 Å². The second-order valence-corrected chi connectivity index (χ2v) is 3.76. The van der Waals surface area contributed by atoms with E-state index in [2.05, 4.69) is 10.6 Å². The summed E-state index contributed by atoms with van der Waals surface area (Å²) in [5.74, 6) is -0.587. The van der Waals surface area contributed by atoms with Crippen LogP contribution in [0.1, 0.15) is 22.8 Å². The summed E-state index contributed by atoms with van der Waals surface area (Å²) >= 11 is 0. The standard InChI is InChI=1S/C12H16N2O3/c1-7-9(5-4-6-10(7)15)12(17)14-8(2)11(16)13-3/h4-6,8,15H,1-3H3,(H,13,16)(H,14,17). The van der Waals surface area contributed by atoms with Crippen LogP contribution in [0, 0.1) is 6.92 Å². The van der Waals surface area contributed by atoms with Gasteiger partial charge in [-0.2, -0.15) is 0 Å². The van der Waals surface area contributed by atoms with Crippen LogP contribution in [-0.2, 0) is 4.79 Å². The number of carbonyl (C=O) groups is 2. The van der Waals surface area contributed by atoms with Gasteiger partial charge in [0.2, 0.25) is 5.91 Å². The van der Waals surface area contributed by atoms with Crippen LogP contribution in [0.3, 0.4) is 0 Å². The predicted molar refractivity (Wildman–Crippen MR) is 63.8 cm³/mol. The Morgan fingerprint density at radius 3 is 2.59 bits per heavy atom. The lowest BCUT2D eigenvalue weighted by Gasteiger charge is -2.13. The Morgan fingerprint density at radius 1 is 1.35 bits per heavy atom. The molecule has 0 radical (unpaired) electrons. The average Bonchev–Trinajstić information content (AvgIpc) is 2.31. The summed E-state index contributed by atoms with van der Waals surface area (Å²) in [6.45, 7) is 3.24. The van der Waals surface area contributed by atoms with Gasteiger partial charge >= 0.3 is 0 Å². The van der Waals surface area contributed by atoms with Crippen LogP contribution in [0.2, 0.25) is 0 Å². The molecule has 2 amide bonds. The molecule has 92 valence electrons. The van der Waals surface area contributed by atoms with Crippen molar-refractivity contribution in [3.05, 3.63) is 29.3 Å². The molecule has 1 aromatic carbocycles. The van der Waals surface area contributed by atoms with Gasteiger partial charge in [0, 0.05) is 18.2 Å². The van der Waals surface area contributed by atoms with E-state index >= 15 is 0 Å². The summed E-state index contributed by atoms with van der Waals surface area (Å²) in [6.07, 6.45) is 0. The maximum Gasteiger partial charge on any atom is 0.252 e. The Bertz CT molecular complexity index is 443. The van der Waals surface area contributed by atoms with Crippen molar-refractivity contribution >= 4 is 11.8 Å². The molecule has 5 heteroatoms. The van der Waals surface area contributed by atoms with Gasteiger partial charge in [0.05, 0.1) is 0 Å². The van der Waals surface area contributed by atoms with E-state index in [1.54, 1.807) is 26.0 Å². The number of amides is 2. The molecule has 17 heavy (non-hydrogen) atoms. The van der Waals surface area contributed by atoms with Crippen LogP contribution in [0.4, 0.5) is 0 Å². The molecule has 0 spiro atoms. The Hall–Kier alpha value is -2.04. The first-order chi connectivity index (χ1) is 7.97. The lowest BCUT2D eigenvalue weighted by Crippen LogP contribution is -2.43. The van der Waals surface area contributed by atoms with Gasteiger partial charge in [-0.25, -0.2) is 0 Å². The first kappa shape index (κ1) is 13.0. The molecule has 1 aromatic rings. The molecule has 0 aromatic heterocycles. The number of aromatic hydroxyl groups is 1. The van der Waals surface area contributed by atoms with E-state index in [0.717, 1.165) is 0 Å². The fourth-order valence-corrected chi connectivity index (χ4v) is 1.43. The smallest absolute Gasteiger partial charge is 0.252 e. The van der Waals surface area contributed by atoms with Gasteiger partial charge in [0.15, 0.2) is 0 Å². The minimum atomic E-state index is -0.616. The van der Waals surface area contributed by atoms with Gasteiger partial charge in [-0.3, -0.25) is 9.59 Å². The zero-order valence-corrected chi connectivity index (χ0v) is 10.1. The van der Waals surface area contributed by atoms with Gasteiger partial charge in [-0.15, -0.1) is 0 Å². The van der Waals surface area contributed by atoms with Crippen molar-refractivity contribution in [3.63, 3.8) is 0 Å². The molecule has 0 aliphatic carbocycles. The highest BCUT2D eigenvalue weighted by Crippen LogP contribution is 2.19. The van der Waals surface area contributed by atoms with Crippen LogP contribution < -0.4 is 10.6 Å². The average molecular weight is 236 g/mol. The molecule has 5 nitrogen and oxygen atoms in total. The van der Waals surface area contributed by atoms with E-state index in [4.69, 9.17) is 0 Å². The minimum absolute atomic E-state index is 0.0604. The number of carbonyl (C=O) groups excluding carboxylic acids is 2. The van der Waals surface area contributed by atoms with Crippen molar-refractivity contribution in [2.24, 2.45) is 0 Å². The second-order valence-electron chi connectivity index (χ2n) is 3.76. The Labute approximate surface area is 99.8 Å². The van der Waals surface area contributed by atoms with Gasteiger partial charge in [0.1, 0.15) is 11.8 Å². The summed E-state index contributed by atoms with van der Waals surface area (Å²) < 4.78 is 0. The zero-order chi connectivity index (χ0) is 13.0. The number of benzene rings is 1. The van der Waals surface area contributed by atoms with E-state index in [1.165, 1.54) is 13.1 Å². The third-order valence-electron chi connectivity index (χ3n) is 2.54. The molecular weight excluding hydrogens is 220 g/mol. The van der Waals surface area contributed by atoms with Gasteiger partial charge in [-0.1, -0.05) is 6.07 Å². The number of rotatable bonds is 3. The summed E-state index contributed by atoms with van der Waals surface area (Å²) in [6, 6.07) is 4.08. The molecule has 0 aliphatic rings. The number of phenols is 1. The second kappa shape index (κ2) is 5.34. The number of nitrogens with one attached hydrogen (secondary N) is 2. The topological polar surface area (TPSA) is 78.4 Å². The van der Waals surface area contributed by atoms with Crippen LogP contribution in [0.5, 0.6) is 5.75 Å². The predicted octanol–water partition coefficient (Wildman–Crippen LogP) is 0.565. The molecule has 1 atom stereocenters. The molecule has 3 N–H and O–H groups in total. The van der Waals surface area contributed by atoms with Crippen LogP contribution in [-0.4, -0.2) is 30.0 Å². The van der Waals surface area contributed by atoms with Crippen molar-refractivity contribution in [2.75, 3.05) is 7.05 Å². The third-order valence-corrected chi connectivity index (χ3v) is 2.54. The fourth-order valence-electron chi connectivity index (χ4n) is 1.43. The highest BCUT2D eigenvalue weighted by atomic mass is 16.3. The van der Waals surface area contributed by atoms with Crippen molar-refractivity contribution in [2.45, 2.75) is 19.9 Å². The monoisotopic (exact) mass is 236 g/mol. The first-order valence-corrected chi connectivity index (χ1v) is 5.28. The molecule has 1 unspecified atom stereocenters. The Balaban J connectivity index is 2.84. The molecule has 0 bridgehead atoms. The molecule has 0 heterocycles. The number of phenolic OH excluding ortho intramolecular Hbond substituents is 1. The van der Waals surface area contributed by atoms with Crippen LogP contribution in [0.15, 0.2) is 18.2 Å². The number of likely N-dealkylation sites (N-methyl/N-ethyl adjacent to an activating group) is 1. The summed E-state index contributed by atoms with van der Waals surface area (Å²) in [5, 5.41) is 14.5. The van der Waals surface area contributed by atoms with Gasteiger partial charge in [-0.05, 0) is 26.0 Å². The largest absolute Gasteiger partial charge is 0.508 e. The molecule has 0 saturated heterocycles.